The molecule has 1 aliphatic rings. The Morgan fingerprint density at radius 3 is 2.78 bits per heavy atom. The molecular weight excluding hydrogens is 226 g/mol. The molecule has 2 rings (SSSR count). The molecule has 0 radical (unpaired) electrons. The molecule has 1 aromatic carbocycles. The van der Waals surface area contributed by atoms with Crippen LogP contribution in [0.15, 0.2) is 24.3 Å². The number of nitrogens with one attached hydrogen (secondary N) is 1. The lowest BCUT2D eigenvalue weighted by Crippen LogP contribution is -2.39. The first kappa shape index (κ1) is 12.9. The molecule has 18 heavy (non-hydrogen) atoms. The van der Waals surface area contributed by atoms with E-state index < -0.39 is 0 Å². The van der Waals surface area contributed by atoms with Crippen molar-refractivity contribution in [3.05, 3.63) is 29.8 Å². The maximum atomic E-state index is 12.0. The van der Waals surface area contributed by atoms with Crippen molar-refractivity contribution in [1.29, 1.82) is 0 Å². The van der Waals surface area contributed by atoms with Crippen LogP contribution in [-0.4, -0.2) is 18.6 Å². The number of ether oxygens (including phenoxy) is 1. The Kier molecular flexibility index (Phi) is 4.24. The average molecular weight is 247 g/mol. The summed E-state index contributed by atoms with van der Waals surface area (Å²) in [5.74, 6) is 1.43. The van der Waals surface area contributed by atoms with Crippen molar-refractivity contribution in [2.24, 2.45) is 5.92 Å². The van der Waals surface area contributed by atoms with Gasteiger partial charge in [-0.1, -0.05) is 44.9 Å². The third-order valence-electron chi connectivity index (χ3n) is 3.66. The Morgan fingerprint density at radius 1 is 1.39 bits per heavy atom. The molecule has 1 N–H and O–H groups in total. The van der Waals surface area contributed by atoms with E-state index in [0.717, 1.165) is 30.7 Å². The van der Waals surface area contributed by atoms with Gasteiger partial charge in [-0.3, -0.25) is 4.79 Å². The van der Waals surface area contributed by atoms with E-state index in [2.05, 4.69) is 19.2 Å². The Balaban J connectivity index is 1.86. The van der Waals surface area contributed by atoms with Gasteiger partial charge in [0, 0.05) is 13.0 Å². The minimum Gasteiger partial charge on any atom is -0.480 e. The van der Waals surface area contributed by atoms with Crippen LogP contribution in [-0.2, 0) is 11.2 Å². The number of hydrogen-bond acceptors (Lipinski definition) is 2. The van der Waals surface area contributed by atoms with E-state index in [9.17, 15) is 4.79 Å². The van der Waals surface area contributed by atoms with Gasteiger partial charge in [0.2, 0.25) is 0 Å². The molecule has 1 amide bonds. The van der Waals surface area contributed by atoms with Crippen LogP contribution in [0.3, 0.4) is 0 Å². The Hall–Kier alpha value is -1.51. The zero-order valence-electron chi connectivity index (χ0n) is 11.1. The van der Waals surface area contributed by atoms with Crippen LogP contribution >= 0.6 is 0 Å². The second-order valence-corrected chi connectivity index (χ2v) is 4.85. The summed E-state index contributed by atoms with van der Waals surface area (Å²) < 4.78 is 5.66. The van der Waals surface area contributed by atoms with Gasteiger partial charge < -0.3 is 10.1 Å². The predicted octanol–water partition coefficient (Wildman–Crippen LogP) is 2.54. The topological polar surface area (TPSA) is 38.3 Å². The highest BCUT2D eigenvalue weighted by Crippen LogP contribution is 2.28. The quantitative estimate of drug-likeness (QED) is 0.868. The van der Waals surface area contributed by atoms with Crippen LogP contribution < -0.4 is 10.1 Å². The maximum Gasteiger partial charge on any atom is 0.261 e. The van der Waals surface area contributed by atoms with Gasteiger partial charge >= 0.3 is 0 Å². The third-order valence-corrected chi connectivity index (χ3v) is 3.66. The minimum absolute atomic E-state index is 0.0121. The van der Waals surface area contributed by atoms with Crippen molar-refractivity contribution in [3.8, 4) is 5.75 Å². The summed E-state index contributed by atoms with van der Waals surface area (Å²) in [5, 5.41) is 3.00. The lowest BCUT2D eigenvalue weighted by molar-refractivity contribution is -0.127. The second kappa shape index (κ2) is 5.89. The molecule has 0 saturated carbocycles. The van der Waals surface area contributed by atoms with Gasteiger partial charge in [0.05, 0.1) is 0 Å². The van der Waals surface area contributed by atoms with E-state index in [1.807, 2.05) is 24.3 Å². The maximum absolute atomic E-state index is 12.0. The largest absolute Gasteiger partial charge is 0.480 e. The minimum atomic E-state index is -0.350. The highest BCUT2D eigenvalue weighted by atomic mass is 16.5. The molecule has 0 spiro atoms. The van der Waals surface area contributed by atoms with Crippen LogP contribution in [0.1, 0.15) is 32.3 Å². The van der Waals surface area contributed by atoms with Crippen molar-refractivity contribution in [1.82, 2.24) is 5.32 Å². The molecule has 1 heterocycles. The smallest absolute Gasteiger partial charge is 0.261 e. The summed E-state index contributed by atoms with van der Waals surface area (Å²) in [4.78, 5) is 12.0. The highest BCUT2D eigenvalue weighted by Gasteiger charge is 2.28. The molecule has 0 aliphatic carbocycles. The zero-order valence-corrected chi connectivity index (χ0v) is 11.1. The second-order valence-electron chi connectivity index (χ2n) is 4.85. The number of benzene rings is 1. The Bertz CT molecular complexity index is 388. The molecule has 3 heteroatoms. The van der Waals surface area contributed by atoms with Gasteiger partial charge in [-0.15, -0.1) is 0 Å². The fourth-order valence-corrected chi connectivity index (χ4v) is 2.26. The third kappa shape index (κ3) is 2.84. The van der Waals surface area contributed by atoms with Crippen LogP contribution in [0.4, 0.5) is 0 Å². The molecule has 1 aromatic rings. The number of carbonyl (C=O) groups excluding carboxylic acids is 1. The molecule has 3 nitrogen and oxygen atoms in total. The number of carbonyl (C=O) groups is 1. The van der Waals surface area contributed by atoms with Gasteiger partial charge in [0.25, 0.3) is 5.91 Å². The molecule has 0 aromatic heterocycles. The molecule has 1 aliphatic heterocycles. The van der Waals surface area contributed by atoms with Crippen molar-refractivity contribution in [2.45, 2.75) is 39.2 Å². The summed E-state index contributed by atoms with van der Waals surface area (Å²) in [6, 6.07) is 7.85. The summed E-state index contributed by atoms with van der Waals surface area (Å²) in [6.07, 6.45) is 2.53. The van der Waals surface area contributed by atoms with E-state index in [4.69, 9.17) is 4.74 Å². The monoisotopic (exact) mass is 247 g/mol. The lowest BCUT2D eigenvalue weighted by atomic mass is 10.0. The molecule has 98 valence electrons. The van der Waals surface area contributed by atoms with Gasteiger partial charge in [-0.05, 0) is 17.5 Å². The molecule has 1 unspecified atom stereocenters. The van der Waals surface area contributed by atoms with E-state index in [1.54, 1.807) is 0 Å². The number of rotatable bonds is 5. The lowest BCUT2D eigenvalue weighted by Gasteiger charge is -2.16. The van der Waals surface area contributed by atoms with Crippen molar-refractivity contribution in [3.63, 3.8) is 0 Å². The van der Waals surface area contributed by atoms with Crippen LogP contribution in [0, 0.1) is 5.92 Å². The van der Waals surface area contributed by atoms with Gasteiger partial charge in [-0.2, -0.15) is 0 Å². The predicted molar refractivity (Wildman–Crippen MR) is 71.6 cm³/mol. The van der Waals surface area contributed by atoms with Crippen molar-refractivity contribution in [2.75, 3.05) is 6.54 Å². The number of hydrogen-bond donors (Lipinski definition) is 1. The van der Waals surface area contributed by atoms with E-state index in [1.165, 1.54) is 0 Å². The summed E-state index contributed by atoms with van der Waals surface area (Å²) in [5.41, 5.74) is 1.13. The summed E-state index contributed by atoms with van der Waals surface area (Å²) in [6.45, 7) is 5.06. The fourth-order valence-electron chi connectivity index (χ4n) is 2.26. The van der Waals surface area contributed by atoms with Crippen molar-refractivity contribution >= 4 is 5.91 Å². The van der Waals surface area contributed by atoms with Crippen LogP contribution in [0.5, 0.6) is 5.75 Å². The zero-order chi connectivity index (χ0) is 13.0. The van der Waals surface area contributed by atoms with Gasteiger partial charge in [0.1, 0.15) is 5.75 Å². The SMILES string of the molecule is CCC(CC)CNC(=O)C1Cc2ccccc2O1. The van der Waals surface area contributed by atoms with E-state index in [0.29, 0.717) is 12.3 Å². The first-order valence-corrected chi connectivity index (χ1v) is 6.76. The van der Waals surface area contributed by atoms with Crippen LogP contribution in [0.25, 0.3) is 0 Å². The normalized spacial score (nSPS) is 17.4. The fraction of sp³-hybridized carbons (Fsp3) is 0.533. The number of amides is 1. The standard InChI is InChI=1S/C15H21NO2/c1-3-11(4-2)10-16-15(17)14-9-12-7-5-6-8-13(12)18-14/h5-8,11,14H,3-4,9-10H2,1-2H3,(H,16,17). The van der Waals surface area contributed by atoms with Gasteiger partial charge in [0.15, 0.2) is 6.10 Å². The molecule has 1 atom stereocenters. The number of para-hydroxylation sites is 1. The highest BCUT2D eigenvalue weighted by molar-refractivity contribution is 5.82. The molecule has 0 bridgehead atoms. The molecular formula is C15H21NO2. The van der Waals surface area contributed by atoms with Crippen molar-refractivity contribution < 1.29 is 9.53 Å². The summed E-state index contributed by atoms with van der Waals surface area (Å²) in [7, 11) is 0. The van der Waals surface area contributed by atoms with E-state index >= 15 is 0 Å². The first-order chi connectivity index (χ1) is 8.74. The Morgan fingerprint density at radius 2 is 2.11 bits per heavy atom. The molecule has 0 saturated heterocycles. The average Bonchev–Trinajstić information content (AvgIpc) is 2.83. The summed E-state index contributed by atoms with van der Waals surface area (Å²) >= 11 is 0. The van der Waals surface area contributed by atoms with Gasteiger partial charge in [-0.25, -0.2) is 0 Å². The number of fused-ring (bicyclic) bond motifs is 1. The Labute approximate surface area is 109 Å². The molecule has 0 fully saturated rings. The van der Waals surface area contributed by atoms with Crippen LogP contribution in [0.2, 0.25) is 0 Å². The van der Waals surface area contributed by atoms with E-state index in [-0.39, 0.29) is 12.0 Å². The first-order valence-electron chi connectivity index (χ1n) is 6.76.